The van der Waals surface area contributed by atoms with Gasteiger partial charge < -0.3 is 5.32 Å². The zero-order valence-electron chi connectivity index (χ0n) is 12.0. The highest BCUT2D eigenvalue weighted by atomic mass is 32.1. The third kappa shape index (κ3) is 3.40. The second-order valence-electron chi connectivity index (χ2n) is 4.82. The Morgan fingerprint density at radius 2 is 2.09 bits per heavy atom. The van der Waals surface area contributed by atoms with Crippen molar-refractivity contribution >= 4 is 28.6 Å². The zero-order chi connectivity index (χ0) is 15.4. The van der Waals surface area contributed by atoms with E-state index >= 15 is 0 Å². The monoisotopic (exact) mass is 329 g/mol. The second kappa shape index (κ2) is 6.81. The maximum absolute atomic E-state index is 12.5. The van der Waals surface area contributed by atoms with Crippen LogP contribution in [-0.4, -0.2) is 15.9 Å². The summed E-state index contributed by atoms with van der Waals surface area (Å²) in [6, 6.07) is 7.55. The summed E-state index contributed by atoms with van der Waals surface area (Å²) in [5.74, 6) is -0.109. The first-order valence-corrected chi connectivity index (χ1v) is 8.64. The van der Waals surface area contributed by atoms with Gasteiger partial charge in [-0.3, -0.25) is 9.78 Å². The van der Waals surface area contributed by atoms with Gasteiger partial charge in [-0.25, -0.2) is 4.98 Å². The van der Waals surface area contributed by atoms with E-state index in [4.69, 9.17) is 0 Å². The number of hydrogen-bond donors (Lipinski definition) is 1. The summed E-state index contributed by atoms with van der Waals surface area (Å²) in [5.41, 5.74) is 1.34. The Labute approximate surface area is 136 Å². The van der Waals surface area contributed by atoms with Crippen molar-refractivity contribution in [2.75, 3.05) is 0 Å². The average molecular weight is 329 g/mol. The molecule has 22 heavy (non-hydrogen) atoms. The highest BCUT2D eigenvalue weighted by molar-refractivity contribution is 7.10. The van der Waals surface area contributed by atoms with Crippen LogP contribution in [0.3, 0.4) is 0 Å². The van der Waals surface area contributed by atoms with Crippen LogP contribution in [0.1, 0.15) is 32.0 Å². The number of aryl methyl sites for hydroxylation is 1. The second-order valence-corrected chi connectivity index (χ2v) is 6.77. The van der Waals surface area contributed by atoms with E-state index in [0.29, 0.717) is 5.56 Å². The van der Waals surface area contributed by atoms with Gasteiger partial charge in [0.05, 0.1) is 11.6 Å². The van der Waals surface area contributed by atoms with Crippen molar-refractivity contribution in [1.82, 2.24) is 15.3 Å². The van der Waals surface area contributed by atoms with Gasteiger partial charge in [0.1, 0.15) is 5.01 Å². The standard InChI is InChI=1S/C16H15N3OS2/c1-11-13(5-2-6-17-11)15(20)19-14(16-18-7-9-22-16)10-12-4-3-8-21-12/h2-9,14H,10H2,1H3,(H,19,20)/t14-/m0/s1. The van der Waals surface area contributed by atoms with Crippen molar-refractivity contribution in [3.8, 4) is 0 Å². The summed E-state index contributed by atoms with van der Waals surface area (Å²) in [6.45, 7) is 1.84. The third-order valence-corrected chi connectivity index (χ3v) is 5.08. The molecule has 0 fully saturated rings. The van der Waals surface area contributed by atoms with E-state index in [1.54, 1.807) is 47.2 Å². The van der Waals surface area contributed by atoms with Gasteiger partial charge >= 0.3 is 0 Å². The lowest BCUT2D eigenvalue weighted by atomic mass is 10.1. The third-order valence-electron chi connectivity index (χ3n) is 3.29. The molecular weight excluding hydrogens is 314 g/mol. The first-order chi connectivity index (χ1) is 10.7. The van der Waals surface area contributed by atoms with Crippen LogP contribution in [0.5, 0.6) is 0 Å². The Balaban J connectivity index is 1.81. The molecule has 1 atom stereocenters. The van der Waals surface area contributed by atoms with Crippen molar-refractivity contribution in [2.45, 2.75) is 19.4 Å². The number of carbonyl (C=O) groups is 1. The number of pyridine rings is 1. The lowest BCUT2D eigenvalue weighted by Crippen LogP contribution is -2.30. The van der Waals surface area contributed by atoms with Gasteiger partial charge in [-0.05, 0) is 30.5 Å². The van der Waals surface area contributed by atoms with Crippen LogP contribution in [0.15, 0.2) is 47.4 Å². The molecule has 3 rings (SSSR count). The molecule has 0 saturated carbocycles. The molecule has 112 valence electrons. The van der Waals surface area contributed by atoms with Gasteiger partial charge in [-0.1, -0.05) is 6.07 Å². The molecule has 3 aromatic rings. The highest BCUT2D eigenvalue weighted by Crippen LogP contribution is 2.23. The zero-order valence-corrected chi connectivity index (χ0v) is 13.7. The molecule has 3 heterocycles. The lowest BCUT2D eigenvalue weighted by Gasteiger charge is -2.16. The van der Waals surface area contributed by atoms with Crippen molar-refractivity contribution in [2.24, 2.45) is 0 Å². The largest absolute Gasteiger partial charge is 0.342 e. The van der Waals surface area contributed by atoms with Crippen LogP contribution in [-0.2, 0) is 6.42 Å². The lowest BCUT2D eigenvalue weighted by molar-refractivity contribution is 0.0935. The molecule has 0 aromatic carbocycles. The molecule has 1 amide bonds. The van der Waals surface area contributed by atoms with E-state index < -0.39 is 0 Å². The molecule has 4 nitrogen and oxygen atoms in total. The molecule has 0 aliphatic rings. The maximum Gasteiger partial charge on any atom is 0.253 e. The van der Waals surface area contributed by atoms with Gasteiger partial charge in [0.2, 0.25) is 0 Å². The van der Waals surface area contributed by atoms with Crippen molar-refractivity contribution in [3.63, 3.8) is 0 Å². The van der Waals surface area contributed by atoms with Gasteiger partial charge in [-0.15, -0.1) is 22.7 Å². The summed E-state index contributed by atoms with van der Waals surface area (Å²) in [4.78, 5) is 22.3. The molecule has 3 aromatic heterocycles. The van der Waals surface area contributed by atoms with Crippen molar-refractivity contribution in [3.05, 3.63) is 68.6 Å². The summed E-state index contributed by atoms with van der Waals surface area (Å²) in [6.07, 6.45) is 4.20. The number of nitrogens with one attached hydrogen (secondary N) is 1. The molecule has 0 unspecified atom stereocenters. The Kier molecular flexibility index (Phi) is 4.60. The number of nitrogens with zero attached hydrogens (tertiary/aromatic N) is 2. The predicted molar refractivity (Wildman–Crippen MR) is 89.3 cm³/mol. The summed E-state index contributed by atoms with van der Waals surface area (Å²) < 4.78 is 0. The van der Waals surface area contributed by atoms with Crippen LogP contribution in [0.25, 0.3) is 0 Å². The van der Waals surface area contributed by atoms with Gasteiger partial charge in [0.15, 0.2) is 0 Å². The summed E-state index contributed by atoms with van der Waals surface area (Å²) >= 11 is 3.25. The molecular formula is C16H15N3OS2. The fraction of sp³-hybridized carbons (Fsp3) is 0.188. The molecule has 1 N–H and O–H groups in total. The van der Waals surface area contributed by atoms with Crippen LogP contribution in [0, 0.1) is 6.92 Å². The number of amides is 1. The molecule has 0 radical (unpaired) electrons. The van der Waals surface area contributed by atoms with Crippen molar-refractivity contribution in [1.29, 1.82) is 0 Å². The smallest absolute Gasteiger partial charge is 0.253 e. The number of carbonyl (C=O) groups excluding carboxylic acids is 1. The van der Waals surface area contributed by atoms with Gasteiger partial charge in [0, 0.05) is 34.8 Å². The van der Waals surface area contributed by atoms with Crippen LogP contribution in [0.4, 0.5) is 0 Å². The van der Waals surface area contributed by atoms with E-state index in [1.165, 1.54) is 4.88 Å². The minimum absolute atomic E-state index is 0.109. The van der Waals surface area contributed by atoms with E-state index in [1.807, 2.05) is 23.8 Å². The SMILES string of the molecule is Cc1ncccc1C(=O)N[C@@H](Cc1cccs1)c1nccs1. The number of aromatic nitrogens is 2. The molecule has 0 spiro atoms. The molecule has 6 heteroatoms. The quantitative estimate of drug-likeness (QED) is 0.778. The fourth-order valence-corrected chi connectivity index (χ4v) is 3.64. The number of hydrogen-bond acceptors (Lipinski definition) is 5. The van der Waals surface area contributed by atoms with Crippen LogP contribution >= 0.6 is 22.7 Å². The molecule has 0 bridgehead atoms. The van der Waals surface area contributed by atoms with E-state index in [-0.39, 0.29) is 11.9 Å². The highest BCUT2D eigenvalue weighted by Gasteiger charge is 2.20. The number of rotatable bonds is 5. The first-order valence-electron chi connectivity index (χ1n) is 6.88. The van der Waals surface area contributed by atoms with E-state index in [2.05, 4.69) is 21.4 Å². The molecule has 0 aliphatic heterocycles. The van der Waals surface area contributed by atoms with Gasteiger partial charge in [0.25, 0.3) is 5.91 Å². The van der Waals surface area contributed by atoms with E-state index in [9.17, 15) is 4.79 Å². The van der Waals surface area contributed by atoms with Crippen LogP contribution < -0.4 is 5.32 Å². The number of thiophene rings is 1. The summed E-state index contributed by atoms with van der Waals surface area (Å²) in [5, 5.41) is 7.98. The Bertz CT molecular complexity index is 739. The Morgan fingerprint density at radius 1 is 1.18 bits per heavy atom. The van der Waals surface area contributed by atoms with Crippen molar-refractivity contribution < 1.29 is 4.79 Å². The van der Waals surface area contributed by atoms with Gasteiger partial charge in [-0.2, -0.15) is 0 Å². The predicted octanol–water partition coefficient (Wildman–Crippen LogP) is 3.62. The van der Waals surface area contributed by atoms with Crippen LogP contribution in [0.2, 0.25) is 0 Å². The molecule has 0 aliphatic carbocycles. The minimum Gasteiger partial charge on any atom is -0.342 e. The topological polar surface area (TPSA) is 54.9 Å². The Hall–Kier alpha value is -2.05. The average Bonchev–Trinajstić information content (AvgIpc) is 3.20. The van der Waals surface area contributed by atoms with E-state index in [0.717, 1.165) is 17.1 Å². The fourth-order valence-electron chi connectivity index (χ4n) is 2.20. The minimum atomic E-state index is -0.120. The summed E-state index contributed by atoms with van der Waals surface area (Å²) in [7, 11) is 0. The normalized spacial score (nSPS) is 12.0. The maximum atomic E-state index is 12.5. The molecule has 0 saturated heterocycles. The number of thiazole rings is 1. The Morgan fingerprint density at radius 3 is 2.77 bits per heavy atom. The first kappa shape index (κ1) is 14.9.